The van der Waals surface area contributed by atoms with Gasteiger partial charge < -0.3 is 5.43 Å². The molecule has 1 aromatic carbocycles. The molecule has 0 radical (unpaired) electrons. The number of anilines is 1. The molecule has 0 unspecified atom stereocenters. The molecule has 3 N–H and O–H groups in total. The average Bonchev–Trinajstić information content (AvgIpc) is 2.05. The van der Waals surface area contributed by atoms with Crippen LogP contribution in [0.1, 0.15) is 11.1 Å². The molecule has 0 saturated heterocycles. The first-order valence-electron chi connectivity index (χ1n) is 3.40. The maximum atomic E-state index is 5.26. The van der Waals surface area contributed by atoms with Crippen molar-refractivity contribution in [3.63, 3.8) is 0 Å². The Bertz CT molecular complexity index is 248. The van der Waals surface area contributed by atoms with Crippen LogP contribution in [0.2, 0.25) is 0 Å². The lowest BCUT2D eigenvalue weighted by atomic mass is 10.1. The molecule has 0 heterocycles. The van der Waals surface area contributed by atoms with Crippen molar-refractivity contribution in [1.82, 2.24) is 0 Å². The lowest BCUT2D eigenvalue weighted by molar-refractivity contribution is 1.28. The summed E-state index contributed by atoms with van der Waals surface area (Å²) in [7, 11) is 0. The Balaban J connectivity index is 3.02. The van der Waals surface area contributed by atoms with Gasteiger partial charge in [-0.15, -0.1) is 0 Å². The van der Waals surface area contributed by atoms with E-state index >= 15 is 0 Å². The summed E-state index contributed by atoms with van der Waals surface area (Å²) in [6.45, 7) is 2.08. The normalized spacial score (nSPS) is 9.73. The number of nitrogens with two attached hydrogens (primary N) is 1. The molecule has 1 rings (SSSR count). The fourth-order valence-corrected chi connectivity index (χ4v) is 1.51. The molecular formula is C8H11BrN2. The fourth-order valence-electron chi connectivity index (χ4n) is 0.905. The summed E-state index contributed by atoms with van der Waals surface area (Å²) < 4.78 is 0. The Morgan fingerprint density at radius 2 is 2.27 bits per heavy atom. The molecule has 0 aliphatic carbocycles. The topological polar surface area (TPSA) is 38.0 Å². The Morgan fingerprint density at radius 1 is 1.55 bits per heavy atom. The van der Waals surface area contributed by atoms with E-state index in [0.29, 0.717) is 0 Å². The molecular weight excluding hydrogens is 204 g/mol. The number of rotatable bonds is 2. The highest BCUT2D eigenvalue weighted by Crippen LogP contribution is 2.16. The van der Waals surface area contributed by atoms with E-state index < -0.39 is 0 Å². The number of nitrogens with one attached hydrogen (secondary N) is 1. The predicted molar refractivity (Wildman–Crippen MR) is 51.6 cm³/mol. The van der Waals surface area contributed by atoms with Gasteiger partial charge >= 0.3 is 0 Å². The van der Waals surface area contributed by atoms with Crippen molar-refractivity contribution in [1.29, 1.82) is 0 Å². The maximum Gasteiger partial charge on any atom is 0.0488 e. The summed E-state index contributed by atoms with van der Waals surface area (Å²) in [4.78, 5) is 0. The Morgan fingerprint density at radius 3 is 2.82 bits per heavy atom. The van der Waals surface area contributed by atoms with Crippen LogP contribution < -0.4 is 11.3 Å². The SMILES string of the molecule is Cc1ccc(NN)cc1CBr. The number of hydrogen-bond acceptors (Lipinski definition) is 2. The number of aryl methyl sites for hydroxylation is 1. The molecule has 60 valence electrons. The number of alkyl halides is 1. The minimum atomic E-state index is 0.869. The zero-order chi connectivity index (χ0) is 8.27. The molecule has 0 amide bonds. The molecule has 0 atom stereocenters. The summed E-state index contributed by atoms with van der Waals surface area (Å²) in [5.74, 6) is 5.26. The van der Waals surface area contributed by atoms with Gasteiger partial charge in [-0.05, 0) is 30.2 Å². The first-order valence-corrected chi connectivity index (χ1v) is 4.52. The number of hydrogen-bond donors (Lipinski definition) is 2. The van der Waals surface area contributed by atoms with Crippen molar-refractivity contribution >= 4 is 21.6 Å². The molecule has 0 fully saturated rings. The second-order valence-corrected chi connectivity index (χ2v) is 2.98. The molecule has 0 bridgehead atoms. The van der Waals surface area contributed by atoms with E-state index in [9.17, 15) is 0 Å². The van der Waals surface area contributed by atoms with E-state index in [4.69, 9.17) is 5.84 Å². The van der Waals surface area contributed by atoms with Gasteiger partial charge in [0, 0.05) is 11.0 Å². The maximum absolute atomic E-state index is 5.26. The molecule has 0 spiro atoms. The number of halogens is 1. The molecule has 3 heteroatoms. The van der Waals surface area contributed by atoms with E-state index in [-0.39, 0.29) is 0 Å². The van der Waals surface area contributed by atoms with Gasteiger partial charge in [0.1, 0.15) is 0 Å². The van der Waals surface area contributed by atoms with Crippen LogP contribution in [-0.2, 0) is 5.33 Å². The highest BCUT2D eigenvalue weighted by molar-refractivity contribution is 9.08. The van der Waals surface area contributed by atoms with Crippen LogP contribution >= 0.6 is 15.9 Å². The van der Waals surface area contributed by atoms with Gasteiger partial charge in [-0.1, -0.05) is 22.0 Å². The van der Waals surface area contributed by atoms with Crippen LogP contribution in [0.3, 0.4) is 0 Å². The van der Waals surface area contributed by atoms with Crippen molar-refractivity contribution in [2.45, 2.75) is 12.3 Å². The van der Waals surface area contributed by atoms with Crippen molar-refractivity contribution in [2.24, 2.45) is 5.84 Å². The number of nitrogen functional groups attached to an aromatic ring is 1. The van der Waals surface area contributed by atoms with Crippen molar-refractivity contribution < 1.29 is 0 Å². The number of hydrazine groups is 1. The monoisotopic (exact) mass is 214 g/mol. The largest absolute Gasteiger partial charge is 0.324 e. The van der Waals surface area contributed by atoms with E-state index in [1.54, 1.807) is 0 Å². The minimum absolute atomic E-state index is 0.869. The highest BCUT2D eigenvalue weighted by Gasteiger charge is 1.96. The van der Waals surface area contributed by atoms with E-state index in [2.05, 4.69) is 28.3 Å². The smallest absolute Gasteiger partial charge is 0.0488 e. The van der Waals surface area contributed by atoms with Gasteiger partial charge in [-0.2, -0.15) is 0 Å². The van der Waals surface area contributed by atoms with Crippen LogP contribution in [0.5, 0.6) is 0 Å². The summed E-state index contributed by atoms with van der Waals surface area (Å²) in [5, 5.41) is 0.869. The van der Waals surface area contributed by atoms with Gasteiger partial charge in [0.15, 0.2) is 0 Å². The Kier molecular flexibility index (Phi) is 2.91. The van der Waals surface area contributed by atoms with Gasteiger partial charge in [-0.3, -0.25) is 5.84 Å². The first-order chi connectivity index (χ1) is 5.27. The summed E-state index contributed by atoms with van der Waals surface area (Å²) in [6.07, 6.45) is 0. The average molecular weight is 215 g/mol. The Labute approximate surface area is 74.9 Å². The second-order valence-electron chi connectivity index (χ2n) is 2.42. The molecule has 0 aromatic heterocycles. The van der Waals surface area contributed by atoms with E-state index in [1.807, 2.05) is 18.2 Å². The van der Waals surface area contributed by atoms with Crippen LogP contribution in [0.15, 0.2) is 18.2 Å². The number of benzene rings is 1. The van der Waals surface area contributed by atoms with Gasteiger partial charge in [0.05, 0.1) is 0 Å². The zero-order valence-electron chi connectivity index (χ0n) is 6.39. The molecule has 2 nitrogen and oxygen atoms in total. The standard InChI is InChI=1S/C8H11BrN2/c1-6-2-3-8(11-10)4-7(6)5-9/h2-4,11H,5,10H2,1H3. The summed E-state index contributed by atoms with van der Waals surface area (Å²) in [6, 6.07) is 6.04. The van der Waals surface area contributed by atoms with Crippen LogP contribution in [0, 0.1) is 6.92 Å². The molecule has 1 aromatic rings. The van der Waals surface area contributed by atoms with Gasteiger partial charge in [0.25, 0.3) is 0 Å². The second kappa shape index (κ2) is 3.74. The quantitative estimate of drug-likeness (QED) is 0.450. The van der Waals surface area contributed by atoms with Crippen molar-refractivity contribution in [2.75, 3.05) is 5.43 Å². The summed E-state index contributed by atoms with van der Waals surface area (Å²) in [5.41, 5.74) is 6.10. The van der Waals surface area contributed by atoms with E-state index in [1.165, 1.54) is 11.1 Å². The highest BCUT2D eigenvalue weighted by atomic mass is 79.9. The van der Waals surface area contributed by atoms with Crippen LogP contribution in [0.4, 0.5) is 5.69 Å². The third kappa shape index (κ3) is 1.94. The van der Waals surface area contributed by atoms with E-state index in [0.717, 1.165) is 11.0 Å². The predicted octanol–water partition coefficient (Wildman–Crippen LogP) is 2.18. The third-order valence-corrected chi connectivity index (χ3v) is 2.26. The van der Waals surface area contributed by atoms with Gasteiger partial charge in [-0.25, -0.2) is 0 Å². The van der Waals surface area contributed by atoms with Crippen molar-refractivity contribution in [3.05, 3.63) is 29.3 Å². The zero-order valence-corrected chi connectivity index (χ0v) is 7.98. The summed E-state index contributed by atoms with van der Waals surface area (Å²) >= 11 is 3.40. The molecule has 0 saturated carbocycles. The minimum Gasteiger partial charge on any atom is -0.324 e. The lowest BCUT2D eigenvalue weighted by Crippen LogP contribution is -2.06. The molecule has 0 aliphatic heterocycles. The van der Waals surface area contributed by atoms with Gasteiger partial charge in [0.2, 0.25) is 0 Å². The third-order valence-electron chi connectivity index (χ3n) is 1.66. The van der Waals surface area contributed by atoms with Crippen molar-refractivity contribution in [3.8, 4) is 0 Å². The molecule has 11 heavy (non-hydrogen) atoms. The Hall–Kier alpha value is -0.540. The first kappa shape index (κ1) is 8.56. The van der Waals surface area contributed by atoms with Crippen LogP contribution in [-0.4, -0.2) is 0 Å². The lowest BCUT2D eigenvalue weighted by Gasteiger charge is -2.04. The molecule has 0 aliphatic rings. The fraction of sp³-hybridized carbons (Fsp3) is 0.250. The van der Waals surface area contributed by atoms with Crippen LogP contribution in [0.25, 0.3) is 0 Å².